The van der Waals surface area contributed by atoms with E-state index in [4.69, 9.17) is 4.42 Å². The molecule has 1 aromatic heterocycles. The Morgan fingerprint density at radius 2 is 1.81 bits per heavy atom. The molecule has 2 atom stereocenters. The summed E-state index contributed by atoms with van der Waals surface area (Å²) < 4.78 is 5.28. The molecule has 1 aliphatic heterocycles. The number of furan rings is 1. The fourth-order valence-electron chi connectivity index (χ4n) is 4.84. The van der Waals surface area contributed by atoms with E-state index in [1.165, 1.54) is 16.7 Å². The maximum atomic E-state index is 13.5. The number of nitrogens with zero attached hydrogens (tertiary/aromatic N) is 2. The highest BCUT2D eigenvalue weighted by Crippen LogP contribution is 2.34. The summed E-state index contributed by atoms with van der Waals surface area (Å²) in [5, 5.41) is 0. The lowest BCUT2D eigenvalue weighted by Crippen LogP contribution is -2.39. The van der Waals surface area contributed by atoms with Crippen molar-refractivity contribution in [2.45, 2.75) is 33.2 Å². The van der Waals surface area contributed by atoms with E-state index in [9.17, 15) is 4.79 Å². The molecule has 0 bridgehead atoms. The van der Waals surface area contributed by atoms with Crippen molar-refractivity contribution in [3.05, 3.63) is 95.4 Å². The average molecular weight is 431 g/mol. The number of hydrogen-bond acceptors (Lipinski definition) is 3. The van der Waals surface area contributed by atoms with Crippen LogP contribution in [0.1, 0.15) is 46.8 Å². The molecule has 0 saturated carbocycles. The maximum Gasteiger partial charge on any atom is 0.253 e. The van der Waals surface area contributed by atoms with Gasteiger partial charge in [0, 0.05) is 49.8 Å². The first-order valence-corrected chi connectivity index (χ1v) is 11.6. The van der Waals surface area contributed by atoms with Gasteiger partial charge in [0.25, 0.3) is 5.91 Å². The first-order valence-electron chi connectivity index (χ1n) is 11.6. The Morgan fingerprint density at radius 3 is 2.47 bits per heavy atom. The molecule has 0 radical (unpaired) electrons. The maximum absolute atomic E-state index is 13.5. The summed E-state index contributed by atoms with van der Waals surface area (Å²) in [5.74, 6) is 1.35. The smallest absolute Gasteiger partial charge is 0.253 e. The molecule has 0 spiro atoms. The number of benzene rings is 2. The van der Waals surface area contributed by atoms with E-state index in [0.29, 0.717) is 17.8 Å². The van der Waals surface area contributed by atoms with Gasteiger partial charge in [0.15, 0.2) is 0 Å². The van der Waals surface area contributed by atoms with E-state index < -0.39 is 0 Å². The van der Waals surface area contributed by atoms with Crippen molar-refractivity contribution in [2.75, 3.05) is 26.2 Å². The van der Waals surface area contributed by atoms with Crippen LogP contribution in [0.4, 0.5) is 0 Å². The molecule has 0 aliphatic carbocycles. The van der Waals surface area contributed by atoms with Gasteiger partial charge < -0.3 is 9.32 Å². The van der Waals surface area contributed by atoms with Crippen LogP contribution >= 0.6 is 0 Å². The Balaban J connectivity index is 1.56. The van der Waals surface area contributed by atoms with E-state index in [2.05, 4.69) is 60.9 Å². The van der Waals surface area contributed by atoms with Crippen LogP contribution in [0.25, 0.3) is 0 Å². The molecule has 0 unspecified atom stereocenters. The minimum absolute atomic E-state index is 0.138. The van der Waals surface area contributed by atoms with Crippen LogP contribution in [-0.4, -0.2) is 41.9 Å². The summed E-state index contributed by atoms with van der Waals surface area (Å²) in [4.78, 5) is 18.0. The summed E-state index contributed by atoms with van der Waals surface area (Å²) in [5.41, 5.74) is 4.51. The normalized spacial score (nSPS) is 18.9. The van der Waals surface area contributed by atoms with Crippen molar-refractivity contribution in [3.63, 3.8) is 0 Å². The molecular weight excluding hydrogens is 396 g/mol. The molecule has 2 heterocycles. The van der Waals surface area contributed by atoms with Gasteiger partial charge in [-0.3, -0.25) is 9.69 Å². The number of aryl methyl sites for hydroxylation is 1. The minimum atomic E-state index is 0.138. The van der Waals surface area contributed by atoms with Crippen molar-refractivity contribution < 1.29 is 9.21 Å². The van der Waals surface area contributed by atoms with Crippen LogP contribution < -0.4 is 0 Å². The zero-order valence-electron chi connectivity index (χ0n) is 19.4. The van der Waals surface area contributed by atoms with E-state index in [-0.39, 0.29) is 5.91 Å². The predicted octanol–water partition coefficient (Wildman–Crippen LogP) is 5.60. The van der Waals surface area contributed by atoms with Crippen LogP contribution in [0.3, 0.4) is 0 Å². The van der Waals surface area contributed by atoms with Gasteiger partial charge in [-0.2, -0.15) is 0 Å². The summed E-state index contributed by atoms with van der Waals surface area (Å²) in [6, 6.07) is 20.8. The second-order valence-electron chi connectivity index (χ2n) is 9.57. The van der Waals surface area contributed by atoms with Crippen LogP contribution in [0.2, 0.25) is 0 Å². The highest BCUT2D eigenvalue weighted by Gasteiger charge is 2.36. The lowest BCUT2D eigenvalue weighted by Gasteiger charge is -2.30. The van der Waals surface area contributed by atoms with Crippen molar-refractivity contribution in [3.8, 4) is 0 Å². The molecule has 32 heavy (non-hydrogen) atoms. The number of likely N-dealkylation sites (tertiary alicyclic amines) is 1. The van der Waals surface area contributed by atoms with Gasteiger partial charge in [0.2, 0.25) is 0 Å². The summed E-state index contributed by atoms with van der Waals surface area (Å²) >= 11 is 0. The second-order valence-corrected chi connectivity index (χ2v) is 9.57. The monoisotopic (exact) mass is 430 g/mol. The molecule has 168 valence electrons. The highest BCUT2D eigenvalue weighted by atomic mass is 16.3. The third kappa shape index (κ3) is 5.49. The lowest BCUT2D eigenvalue weighted by atomic mass is 9.88. The van der Waals surface area contributed by atoms with Gasteiger partial charge >= 0.3 is 0 Å². The van der Waals surface area contributed by atoms with Gasteiger partial charge in [0.05, 0.1) is 12.5 Å². The lowest BCUT2D eigenvalue weighted by molar-refractivity contribution is 0.0703. The van der Waals surface area contributed by atoms with Crippen LogP contribution in [-0.2, 0) is 6.54 Å². The van der Waals surface area contributed by atoms with Crippen molar-refractivity contribution in [1.29, 1.82) is 0 Å². The third-order valence-electron chi connectivity index (χ3n) is 6.36. The number of hydrogen-bond donors (Lipinski definition) is 0. The molecule has 4 rings (SSSR count). The number of rotatable bonds is 8. The number of amides is 1. The Labute approximate surface area is 191 Å². The zero-order valence-corrected chi connectivity index (χ0v) is 19.4. The molecule has 4 nitrogen and oxygen atoms in total. The van der Waals surface area contributed by atoms with E-state index in [0.717, 1.165) is 38.3 Å². The SMILES string of the molecule is Cc1ccc(C(=O)N(CC(C)C)C[C@@H]2CN(Cc3ccoc3)C[C@@H]2c2ccccc2)cc1. The highest BCUT2D eigenvalue weighted by molar-refractivity contribution is 5.94. The van der Waals surface area contributed by atoms with Gasteiger partial charge in [-0.25, -0.2) is 0 Å². The summed E-state index contributed by atoms with van der Waals surface area (Å²) in [7, 11) is 0. The minimum Gasteiger partial charge on any atom is -0.472 e. The Kier molecular flexibility index (Phi) is 7.11. The summed E-state index contributed by atoms with van der Waals surface area (Å²) in [6.45, 7) is 10.8. The fraction of sp³-hybridized carbons (Fsp3) is 0.393. The Bertz CT molecular complexity index is 980. The molecular formula is C28H34N2O2. The van der Waals surface area contributed by atoms with Crippen molar-refractivity contribution >= 4 is 5.91 Å². The fourth-order valence-corrected chi connectivity index (χ4v) is 4.84. The molecule has 2 aromatic carbocycles. The van der Waals surface area contributed by atoms with Crippen LogP contribution in [0.5, 0.6) is 0 Å². The van der Waals surface area contributed by atoms with Gasteiger partial charge in [-0.15, -0.1) is 0 Å². The quantitative estimate of drug-likeness (QED) is 0.467. The molecule has 1 aliphatic rings. The predicted molar refractivity (Wildman–Crippen MR) is 129 cm³/mol. The van der Waals surface area contributed by atoms with E-state index in [1.807, 2.05) is 36.6 Å². The average Bonchev–Trinajstić information content (AvgIpc) is 3.44. The number of carbonyl (C=O) groups excluding carboxylic acids is 1. The molecule has 4 heteroatoms. The van der Waals surface area contributed by atoms with Crippen molar-refractivity contribution in [2.24, 2.45) is 11.8 Å². The number of carbonyl (C=O) groups is 1. The second kappa shape index (κ2) is 10.2. The van der Waals surface area contributed by atoms with Gasteiger partial charge in [-0.1, -0.05) is 61.9 Å². The molecule has 1 saturated heterocycles. The third-order valence-corrected chi connectivity index (χ3v) is 6.36. The molecule has 3 aromatic rings. The van der Waals surface area contributed by atoms with Gasteiger partial charge in [0.1, 0.15) is 0 Å². The first-order chi connectivity index (χ1) is 15.5. The van der Waals surface area contributed by atoms with Gasteiger partial charge in [-0.05, 0) is 42.5 Å². The largest absolute Gasteiger partial charge is 0.472 e. The summed E-state index contributed by atoms with van der Waals surface area (Å²) in [6.07, 6.45) is 3.57. The zero-order chi connectivity index (χ0) is 22.5. The Hall–Kier alpha value is -2.85. The molecule has 1 fully saturated rings. The van der Waals surface area contributed by atoms with E-state index >= 15 is 0 Å². The van der Waals surface area contributed by atoms with Crippen LogP contribution in [0.15, 0.2) is 77.6 Å². The van der Waals surface area contributed by atoms with Crippen LogP contribution in [0, 0.1) is 18.8 Å². The molecule has 0 N–H and O–H groups in total. The van der Waals surface area contributed by atoms with Crippen molar-refractivity contribution in [1.82, 2.24) is 9.80 Å². The Morgan fingerprint density at radius 1 is 1.06 bits per heavy atom. The first kappa shape index (κ1) is 22.3. The standard InChI is InChI=1S/C28H34N2O2/c1-21(2)15-30(28(31)25-11-9-22(3)10-12-25)18-26-17-29(16-23-13-14-32-20-23)19-27(26)24-7-5-4-6-8-24/h4-14,20-21,26-27H,15-19H2,1-3H3/t26-,27+/m0/s1. The topological polar surface area (TPSA) is 36.7 Å². The van der Waals surface area contributed by atoms with E-state index in [1.54, 1.807) is 6.26 Å². The molecule has 1 amide bonds.